The number of halogens is 2. The van der Waals surface area contributed by atoms with Gasteiger partial charge in [-0.05, 0) is 18.1 Å². The summed E-state index contributed by atoms with van der Waals surface area (Å²) in [5.74, 6) is -2.15. The lowest BCUT2D eigenvalue weighted by molar-refractivity contribution is 0.137. The third-order valence-corrected chi connectivity index (χ3v) is 3.35. The van der Waals surface area contributed by atoms with E-state index in [4.69, 9.17) is 0 Å². The molecule has 0 heterocycles. The molecule has 2 rings (SSSR count). The third kappa shape index (κ3) is 2.82. The molecule has 100 valence electrons. The van der Waals surface area contributed by atoms with Crippen LogP contribution in [0.1, 0.15) is 36.5 Å². The van der Waals surface area contributed by atoms with Crippen molar-refractivity contribution in [1.29, 1.82) is 0 Å². The van der Waals surface area contributed by atoms with Gasteiger partial charge in [-0.25, -0.2) is 8.78 Å². The molecule has 0 aliphatic carbocycles. The molecule has 2 atom stereocenters. The van der Waals surface area contributed by atoms with E-state index in [0.717, 1.165) is 11.6 Å². The lowest BCUT2D eigenvalue weighted by Crippen LogP contribution is -2.12. The van der Waals surface area contributed by atoms with E-state index in [-0.39, 0.29) is 11.5 Å². The van der Waals surface area contributed by atoms with Gasteiger partial charge in [0.2, 0.25) is 0 Å². The first-order chi connectivity index (χ1) is 9.15. The second-order valence-corrected chi connectivity index (χ2v) is 4.51. The molecule has 1 nitrogen and oxygen atoms in total. The van der Waals surface area contributed by atoms with Crippen LogP contribution in [0.3, 0.4) is 0 Å². The number of aliphatic hydroxyl groups excluding tert-OH is 1. The van der Waals surface area contributed by atoms with Gasteiger partial charge in [0.05, 0.1) is 6.10 Å². The minimum Gasteiger partial charge on any atom is -0.388 e. The average Bonchev–Trinajstić information content (AvgIpc) is 2.44. The van der Waals surface area contributed by atoms with Gasteiger partial charge >= 0.3 is 0 Å². The Morgan fingerprint density at radius 3 is 2.32 bits per heavy atom. The molecule has 1 N–H and O–H groups in total. The van der Waals surface area contributed by atoms with Crippen molar-refractivity contribution < 1.29 is 13.9 Å². The van der Waals surface area contributed by atoms with Crippen LogP contribution in [0.15, 0.2) is 48.5 Å². The third-order valence-electron chi connectivity index (χ3n) is 3.35. The van der Waals surface area contributed by atoms with Crippen molar-refractivity contribution in [1.82, 2.24) is 0 Å². The summed E-state index contributed by atoms with van der Waals surface area (Å²) in [7, 11) is 0. The first-order valence-electron chi connectivity index (χ1n) is 6.32. The van der Waals surface area contributed by atoms with Crippen LogP contribution in [-0.2, 0) is 0 Å². The molecule has 0 aliphatic rings. The van der Waals surface area contributed by atoms with Crippen LogP contribution < -0.4 is 0 Å². The fourth-order valence-corrected chi connectivity index (χ4v) is 2.31. The highest BCUT2D eigenvalue weighted by atomic mass is 19.2. The molecular formula is C16H16F2O. The van der Waals surface area contributed by atoms with Gasteiger partial charge in [-0.15, -0.1) is 0 Å². The van der Waals surface area contributed by atoms with E-state index in [0.29, 0.717) is 6.42 Å². The molecule has 0 saturated heterocycles. The number of rotatable bonds is 4. The first kappa shape index (κ1) is 13.7. The molecule has 0 saturated carbocycles. The van der Waals surface area contributed by atoms with E-state index >= 15 is 0 Å². The van der Waals surface area contributed by atoms with Crippen molar-refractivity contribution in [3.05, 3.63) is 71.3 Å². The summed E-state index contributed by atoms with van der Waals surface area (Å²) < 4.78 is 27.0. The highest BCUT2D eigenvalue weighted by molar-refractivity contribution is 5.28. The monoisotopic (exact) mass is 262 g/mol. The maximum absolute atomic E-state index is 13.7. The zero-order valence-electron chi connectivity index (χ0n) is 10.7. The molecule has 0 spiro atoms. The van der Waals surface area contributed by atoms with Crippen LogP contribution in [0.25, 0.3) is 0 Å². The van der Waals surface area contributed by atoms with Gasteiger partial charge in [0.15, 0.2) is 11.6 Å². The van der Waals surface area contributed by atoms with E-state index in [1.54, 1.807) is 0 Å². The topological polar surface area (TPSA) is 20.2 Å². The summed E-state index contributed by atoms with van der Waals surface area (Å²) in [4.78, 5) is 0. The zero-order valence-corrected chi connectivity index (χ0v) is 10.7. The molecule has 0 fully saturated rings. The molecule has 2 unspecified atom stereocenters. The van der Waals surface area contributed by atoms with E-state index in [2.05, 4.69) is 0 Å². The quantitative estimate of drug-likeness (QED) is 0.875. The normalized spacial score (nSPS) is 14.1. The van der Waals surface area contributed by atoms with Crippen LogP contribution in [0.4, 0.5) is 8.78 Å². The molecule has 3 heteroatoms. The summed E-state index contributed by atoms with van der Waals surface area (Å²) in [6.45, 7) is 1.91. The fraction of sp³-hybridized carbons (Fsp3) is 0.250. The Balaban J connectivity index is 2.36. The Labute approximate surface area is 111 Å². The Morgan fingerprint density at radius 1 is 1.00 bits per heavy atom. The van der Waals surface area contributed by atoms with Crippen LogP contribution in [0, 0.1) is 11.6 Å². The fourth-order valence-electron chi connectivity index (χ4n) is 2.31. The van der Waals surface area contributed by atoms with Crippen LogP contribution in [0.5, 0.6) is 0 Å². The van der Waals surface area contributed by atoms with Gasteiger partial charge in [0.25, 0.3) is 0 Å². The Bertz CT molecular complexity index is 540. The summed E-state index contributed by atoms with van der Waals surface area (Å²) in [5.41, 5.74) is 0.928. The minimum absolute atomic E-state index is 0.00991. The lowest BCUT2D eigenvalue weighted by Gasteiger charge is -2.23. The van der Waals surface area contributed by atoms with E-state index in [9.17, 15) is 13.9 Å². The molecule has 0 aromatic heterocycles. The number of aliphatic hydroxyl groups is 1. The molecule has 19 heavy (non-hydrogen) atoms. The summed E-state index contributed by atoms with van der Waals surface area (Å²) >= 11 is 0. The van der Waals surface area contributed by atoms with Gasteiger partial charge in [-0.1, -0.05) is 49.4 Å². The van der Waals surface area contributed by atoms with Gasteiger partial charge in [-0.2, -0.15) is 0 Å². The molecule has 0 amide bonds. The summed E-state index contributed by atoms with van der Waals surface area (Å²) in [6, 6.07) is 13.3. The van der Waals surface area contributed by atoms with Gasteiger partial charge in [0.1, 0.15) is 0 Å². The molecule has 0 aliphatic heterocycles. The van der Waals surface area contributed by atoms with E-state index < -0.39 is 17.7 Å². The summed E-state index contributed by atoms with van der Waals surface area (Å²) in [5, 5.41) is 10.3. The largest absolute Gasteiger partial charge is 0.388 e. The predicted molar refractivity (Wildman–Crippen MR) is 70.8 cm³/mol. The van der Waals surface area contributed by atoms with Crippen molar-refractivity contribution in [2.45, 2.75) is 25.4 Å². The molecule has 2 aromatic rings. The molecule has 2 aromatic carbocycles. The van der Waals surface area contributed by atoms with Crippen molar-refractivity contribution in [2.75, 3.05) is 0 Å². The zero-order chi connectivity index (χ0) is 13.8. The van der Waals surface area contributed by atoms with Gasteiger partial charge < -0.3 is 5.11 Å². The molecule has 0 bridgehead atoms. The van der Waals surface area contributed by atoms with E-state index in [1.807, 2.05) is 37.3 Å². The Morgan fingerprint density at radius 2 is 1.68 bits per heavy atom. The maximum Gasteiger partial charge on any atom is 0.164 e. The molecule has 0 radical (unpaired) electrons. The maximum atomic E-state index is 13.7. The van der Waals surface area contributed by atoms with Crippen LogP contribution >= 0.6 is 0 Å². The SMILES string of the molecule is CCC(c1ccccc1)C(O)c1cccc(F)c1F. The number of hydrogen-bond donors (Lipinski definition) is 1. The van der Waals surface area contributed by atoms with Crippen LogP contribution in [0.2, 0.25) is 0 Å². The van der Waals surface area contributed by atoms with Crippen molar-refractivity contribution in [3.63, 3.8) is 0 Å². The second kappa shape index (κ2) is 5.93. The summed E-state index contributed by atoms with van der Waals surface area (Å²) in [6.07, 6.45) is -0.413. The smallest absolute Gasteiger partial charge is 0.164 e. The van der Waals surface area contributed by atoms with Crippen LogP contribution in [-0.4, -0.2) is 5.11 Å². The highest BCUT2D eigenvalue weighted by Crippen LogP contribution is 2.34. The van der Waals surface area contributed by atoms with Gasteiger partial charge in [0, 0.05) is 11.5 Å². The second-order valence-electron chi connectivity index (χ2n) is 4.51. The number of benzene rings is 2. The van der Waals surface area contributed by atoms with E-state index in [1.165, 1.54) is 12.1 Å². The predicted octanol–water partition coefficient (Wildman–Crippen LogP) is 4.19. The Hall–Kier alpha value is -1.74. The number of hydrogen-bond acceptors (Lipinski definition) is 1. The molecular weight excluding hydrogens is 246 g/mol. The standard InChI is InChI=1S/C16H16F2O/c1-2-12(11-7-4-3-5-8-11)16(19)13-9-6-10-14(17)15(13)18/h3-10,12,16,19H,2H2,1H3. The van der Waals surface area contributed by atoms with Gasteiger partial charge in [-0.3, -0.25) is 0 Å². The minimum atomic E-state index is -1.05. The van der Waals surface area contributed by atoms with Crippen molar-refractivity contribution in [2.24, 2.45) is 0 Å². The first-order valence-corrected chi connectivity index (χ1v) is 6.32. The van der Waals surface area contributed by atoms with Crippen molar-refractivity contribution in [3.8, 4) is 0 Å². The lowest BCUT2D eigenvalue weighted by atomic mass is 9.87. The highest BCUT2D eigenvalue weighted by Gasteiger charge is 2.24. The Kier molecular flexibility index (Phi) is 4.27. The van der Waals surface area contributed by atoms with Crippen molar-refractivity contribution >= 4 is 0 Å². The average molecular weight is 262 g/mol.